The molecular formula is C20H35NO5. The minimum atomic E-state index is 0.548. The van der Waals surface area contributed by atoms with Crippen LogP contribution >= 0.6 is 0 Å². The zero-order valence-corrected chi connectivity index (χ0v) is 16.4. The topological polar surface area (TPSA) is 49.4 Å². The van der Waals surface area contributed by atoms with Gasteiger partial charge >= 0.3 is 0 Å². The zero-order valence-electron chi connectivity index (χ0n) is 16.4. The van der Waals surface area contributed by atoms with Gasteiger partial charge in [-0.25, -0.2) is 0 Å². The Balaban J connectivity index is 1.96. The van der Waals surface area contributed by atoms with Crippen LogP contribution in [0.2, 0.25) is 0 Å². The number of ether oxygens (including phenoxy) is 5. The average Bonchev–Trinajstić information content (AvgIpc) is 2.67. The molecule has 0 aliphatic heterocycles. The second-order valence-electron chi connectivity index (χ2n) is 5.62. The van der Waals surface area contributed by atoms with Crippen molar-refractivity contribution >= 4 is 0 Å². The van der Waals surface area contributed by atoms with Gasteiger partial charge in [0.15, 0.2) is 0 Å². The maximum absolute atomic E-state index is 5.65. The smallest absolute Gasteiger partial charge is 0.119 e. The lowest BCUT2D eigenvalue weighted by Gasteiger charge is -2.22. The Kier molecular flexibility index (Phi) is 15.2. The first-order valence-corrected chi connectivity index (χ1v) is 9.58. The monoisotopic (exact) mass is 369 g/mol. The largest absolute Gasteiger partial charge is 0.491 e. The minimum absolute atomic E-state index is 0.548. The maximum Gasteiger partial charge on any atom is 0.119 e. The number of nitrogens with zero attached hydrogens (tertiary/aromatic N) is 1. The quantitative estimate of drug-likeness (QED) is 0.371. The first kappa shape index (κ1) is 22.9. The summed E-state index contributed by atoms with van der Waals surface area (Å²) in [7, 11) is 0. The van der Waals surface area contributed by atoms with E-state index in [1.54, 1.807) is 0 Å². The van der Waals surface area contributed by atoms with Crippen molar-refractivity contribution in [1.82, 2.24) is 4.90 Å². The molecule has 1 aromatic rings. The third-order valence-corrected chi connectivity index (χ3v) is 3.68. The summed E-state index contributed by atoms with van der Waals surface area (Å²) in [4.78, 5) is 2.31. The van der Waals surface area contributed by atoms with Crippen molar-refractivity contribution in [2.45, 2.75) is 13.8 Å². The lowest BCUT2D eigenvalue weighted by atomic mass is 10.3. The van der Waals surface area contributed by atoms with E-state index >= 15 is 0 Å². The van der Waals surface area contributed by atoms with E-state index < -0.39 is 0 Å². The molecule has 150 valence electrons. The molecule has 26 heavy (non-hydrogen) atoms. The summed E-state index contributed by atoms with van der Waals surface area (Å²) in [5, 5.41) is 0. The van der Waals surface area contributed by atoms with Crippen molar-refractivity contribution in [3.05, 3.63) is 30.3 Å². The molecule has 0 unspecified atom stereocenters. The van der Waals surface area contributed by atoms with E-state index in [1.807, 2.05) is 44.2 Å². The molecule has 0 aliphatic rings. The fourth-order valence-corrected chi connectivity index (χ4v) is 2.26. The van der Waals surface area contributed by atoms with Crippen LogP contribution in [0.5, 0.6) is 5.75 Å². The highest BCUT2D eigenvalue weighted by Crippen LogP contribution is 2.07. The van der Waals surface area contributed by atoms with E-state index in [2.05, 4.69) is 4.90 Å². The zero-order chi connectivity index (χ0) is 18.7. The Hall–Kier alpha value is -1.18. The van der Waals surface area contributed by atoms with Crippen molar-refractivity contribution in [3.8, 4) is 5.75 Å². The number of hydrogen-bond donors (Lipinski definition) is 0. The number of para-hydroxylation sites is 1. The van der Waals surface area contributed by atoms with E-state index in [0.29, 0.717) is 33.0 Å². The molecule has 0 saturated carbocycles. The molecule has 0 saturated heterocycles. The van der Waals surface area contributed by atoms with Crippen LogP contribution in [0, 0.1) is 0 Å². The third kappa shape index (κ3) is 13.1. The predicted molar refractivity (Wildman–Crippen MR) is 103 cm³/mol. The first-order chi connectivity index (χ1) is 12.9. The molecule has 1 rings (SSSR count). The van der Waals surface area contributed by atoms with Gasteiger partial charge in [0, 0.05) is 32.8 Å². The summed E-state index contributed by atoms with van der Waals surface area (Å²) in [5.41, 5.74) is 0. The lowest BCUT2D eigenvalue weighted by molar-refractivity contribution is 0.0217. The van der Waals surface area contributed by atoms with E-state index in [1.165, 1.54) is 0 Å². The SMILES string of the molecule is CCOCCN(CCOCC)CCOCCOCCOc1ccccc1. The molecule has 0 heterocycles. The normalized spacial score (nSPS) is 11.2. The molecule has 0 N–H and O–H groups in total. The highest BCUT2D eigenvalue weighted by molar-refractivity contribution is 5.20. The van der Waals surface area contributed by atoms with Gasteiger partial charge in [0.25, 0.3) is 0 Å². The highest BCUT2D eigenvalue weighted by atomic mass is 16.5. The summed E-state index contributed by atoms with van der Waals surface area (Å²) < 4.78 is 27.6. The van der Waals surface area contributed by atoms with Crippen LogP contribution in [-0.2, 0) is 18.9 Å². The Morgan fingerprint density at radius 3 is 1.69 bits per heavy atom. The Morgan fingerprint density at radius 1 is 0.615 bits per heavy atom. The highest BCUT2D eigenvalue weighted by Gasteiger charge is 2.04. The first-order valence-electron chi connectivity index (χ1n) is 9.58. The Morgan fingerprint density at radius 2 is 1.12 bits per heavy atom. The van der Waals surface area contributed by atoms with Crippen LogP contribution in [0.3, 0.4) is 0 Å². The second-order valence-corrected chi connectivity index (χ2v) is 5.62. The molecule has 6 nitrogen and oxygen atoms in total. The molecule has 0 bridgehead atoms. The third-order valence-electron chi connectivity index (χ3n) is 3.68. The van der Waals surface area contributed by atoms with E-state index in [4.69, 9.17) is 23.7 Å². The molecule has 0 fully saturated rings. The molecule has 6 heteroatoms. The van der Waals surface area contributed by atoms with Crippen molar-refractivity contribution in [3.63, 3.8) is 0 Å². The number of hydrogen-bond acceptors (Lipinski definition) is 6. The van der Waals surface area contributed by atoms with Gasteiger partial charge in [0.1, 0.15) is 12.4 Å². The fraction of sp³-hybridized carbons (Fsp3) is 0.700. The van der Waals surface area contributed by atoms with Gasteiger partial charge in [0.2, 0.25) is 0 Å². The summed E-state index contributed by atoms with van der Waals surface area (Å²) in [6.07, 6.45) is 0. The number of benzene rings is 1. The molecule has 1 aromatic carbocycles. The van der Waals surface area contributed by atoms with Crippen LogP contribution in [0.25, 0.3) is 0 Å². The van der Waals surface area contributed by atoms with Gasteiger partial charge in [-0.2, -0.15) is 0 Å². The Labute approximate surface area is 158 Å². The van der Waals surface area contributed by atoms with Crippen molar-refractivity contribution in [2.75, 3.05) is 79.1 Å². The van der Waals surface area contributed by atoms with E-state index in [9.17, 15) is 0 Å². The molecule has 0 atom stereocenters. The van der Waals surface area contributed by atoms with Crippen LogP contribution < -0.4 is 4.74 Å². The fourth-order valence-electron chi connectivity index (χ4n) is 2.26. The van der Waals surface area contributed by atoms with Crippen LogP contribution in [0.4, 0.5) is 0 Å². The van der Waals surface area contributed by atoms with Gasteiger partial charge in [-0.05, 0) is 26.0 Å². The lowest BCUT2D eigenvalue weighted by Crippen LogP contribution is -2.34. The molecule has 0 radical (unpaired) electrons. The summed E-state index contributed by atoms with van der Waals surface area (Å²) >= 11 is 0. The molecule has 0 spiro atoms. The molecular weight excluding hydrogens is 334 g/mol. The van der Waals surface area contributed by atoms with Gasteiger partial charge in [0.05, 0.1) is 39.6 Å². The van der Waals surface area contributed by atoms with Crippen molar-refractivity contribution in [1.29, 1.82) is 0 Å². The molecule has 0 amide bonds. The second kappa shape index (κ2) is 17.2. The molecule has 0 aromatic heterocycles. The van der Waals surface area contributed by atoms with Crippen LogP contribution in [-0.4, -0.2) is 84.0 Å². The average molecular weight is 370 g/mol. The van der Waals surface area contributed by atoms with Gasteiger partial charge in [-0.15, -0.1) is 0 Å². The summed E-state index contributed by atoms with van der Waals surface area (Å²) in [5.74, 6) is 0.867. The van der Waals surface area contributed by atoms with E-state index in [-0.39, 0.29) is 0 Å². The summed E-state index contributed by atoms with van der Waals surface area (Å²) in [6, 6.07) is 9.75. The standard InChI is InChI=1S/C20H35NO5/c1-3-22-13-10-21(11-14-23-4-2)12-15-24-16-17-25-18-19-26-20-8-6-5-7-9-20/h5-9H,3-4,10-19H2,1-2H3. The number of rotatable bonds is 18. The van der Waals surface area contributed by atoms with E-state index in [0.717, 1.165) is 51.8 Å². The Bertz CT molecular complexity index is 394. The van der Waals surface area contributed by atoms with Crippen molar-refractivity contribution < 1.29 is 23.7 Å². The minimum Gasteiger partial charge on any atom is -0.491 e. The maximum atomic E-state index is 5.65. The molecule has 0 aliphatic carbocycles. The van der Waals surface area contributed by atoms with Crippen molar-refractivity contribution in [2.24, 2.45) is 0 Å². The van der Waals surface area contributed by atoms with Gasteiger partial charge < -0.3 is 23.7 Å². The van der Waals surface area contributed by atoms with Crippen LogP contribution in [0.15, 0.2) is 30.3 Å². The van der Waals surface area contributed by atoms with Gasteiger partial charge in [-0.3, -0.25) is 4.90 Å². The van der Waals surface area contributed by atoms with Crippen LogP contribution in [0.1, 0.15) is 13.8 Å². The summed E-state index contributed by atoms with van der Waals surface area (Å²) in [6.45, 7) is 12.7. The van der Waals surface area contributed by atoms with Gasteiger partial charge in [-0.1, -0.05) is 18.2 Å². The predicted octanol–water partition coefficient (Wildman–Crippen LogP) is 2.47.